The van der Waals surface area contributed by atoms with E-state index in [2.05, 4.69) is 15.9 Å². The Morgan fingerprint density at radius 3 is 2.84 bits per heavy atom. The molecule has 1 aromatic carbocycles. The molecule has 5 heteroatoms. The zero-order valence-electron chi connectivity index (χ0n) is 10.6. The van der Waals surface area contributed by atoms with E-state index in [1.165, 1.54) is 6.07 Å². The number of rotatable bonds is 4. The summed E-state index contributed by atoms with van der Waals surface area (Å²) < 4.78 is 8.23. The van der Waals surface area contributed by atoms with Gasteiger partial charge in [-0.25, -0.2) is 0 Å². The molecule has 0 atom stereocenters. The molecule has 2 aromatic rings. The molecular formula is C14H15BrN2O2. The van der Waals surface area contributed by atoms with Crippen molar-refractivity contribution in [1.82, 2.24) is 4.57 Å². The summed E-state index contributed by atoms with van der Waals surface area (Å²) in [6, 6.07) is 8.87. The van der Waals surface area contributed by atoms with Gasteiger partial charge in [0.1, 0.15) is 12.4 Å². The van der Waals surface area contributed by atoms with Crippen LogP contribution in [0.3, 0.4) is 0 Å². The fourth-order valence-electron chi connectivity index (χ4n) is 1.75. The molecule has 0 saturated carbocycles. The minimum atomic E-state index is -0.0784. The highest BCUT2D eigenvalue weighted by Crippen LogP contribution is 2.22. The number of hydrogen-bond donors (Lipinski definition) is 1. The van der Waals surface area contributed by atoms with E-state index in [9.17, 15) is 4.79 Å². The zero-order chi connectivity index (χ0) is 13.8. The predicted octanol–water partition coefficient (Wildman–Crippen LogP) is 2.58. The number of aryl methyl sites for hydroxylation is 1. The number of hydrogen-bond acceptors (Lipinski definition) is 3. The lowest BCUT2D eigenvalue weighted by Gasteiger charge is -2.11. The Morgan fingerprint density at radius 2 is 2.11 bits per heavy atom. The van der Waals surface area contributed by atoms with Crippen molar-refractivity contribution in [3.63, 3.8) is 0 Å². The Labute approximate surface area is 119 Å². The van der Waals surface area contributed by atoms with Crippen LogP contribution in [0.15, 0.2) is 45.8 Å². The van der Waals surface area contributed by atoms with Crippen molar-refractivity contribution in [3.8, 4) is 5.75 Å². The van der Waals surface area contributed by atoms with Crippen LogP contribution in [0.5, 0.6) is 5.75 Å². The fourth-order valence-corrected chi connectivity index (χ4v) is 2.23. The van der Waals surface area contributed by atoms with Gasteiger partial charge in [-0.2, -0.15) is 0 Å². The van der Waals surface area contributed by atoms with Crippen LogP contribution in [-0.4, -0.2) is 11.2 Å². The summed E-state index contributed by atoms with van der Waals surface area (Å²) in [6.45, 7) is 2.87. The number of ether oxygens (including phenoxy) is 1. The maximum absolute atomic E-state index is 11.6. The van der Waals surface area contributed by atoms with E-state index >= 15 is 0 Å². The van der Waals surface area contributed by atoms with Gasteiger partial charge in [0, 0.05) is 22.4 Å². The van der Waals surface area contributed by atoms with E-state index in [-0.39, 0.29) is 5.56 Å². The molecule has 100 valence electrons. The smallest absolute Gasteiger partial charge is 0.250 e. The third-order valence-electron chi connectivity index (χ3n) is 2.73. The molecule has 0 spiro atoms. The summed E-state index contributed by atoms with van der Waals surface area (Å²) >= 11 is 3.40. The maximum Gasteiger partial charge on any atom is 0.250 e. The molecule has 0 aliphatic carbocycles. The third kappa shape index (κ3) is 3.61. The minimum Gasteiger partial charge on any atom is -0.491 e. The van der Waals surface area contributed by atoms with Gasteiger partial charge in [-0.3, -0.25) is 4.79 Å². The molecule has 2 rings (SSSR count). The number of halogens is 1. The lowest BCUT2D eigenvalue weighted by atomic mass is 10.2. The van der Waals surface area contributed by atoms with Crippen molar-refractivity contribution in [3.05, 3.63) is 56.9 Å². The Morgan fingerprint density at radius 1 is 1.32 bits per heavy atom. The van der Waals surface area contributed by atoms with Gasteiger partial charge in [0.05, 0.1) is 6.54 Å². The number of benzene rings is 1. The first-order valence-electron chi connectivity index (χ1n) is 5.91. The van der Waals surface area contributed by atoms with Crippen molar-refractivity contribution in [2.24, 2.45) is 0 Å². The van der Waals surface area contributed by atoms with Crippen LogP contribution in [-0.2, 0) is 6.54 Å². The lowest BCUT2D eigenvalue weighted by Crippen LogP contribution is -2.22. The Balaban J connectivity index is 2.00. The van der Waals surface area contributed by atoms with Crippen molar-refractivity contribution in [2.75, 3.05) is 12.3 Å². The first-order chi connectivity index (χ1) is 9.06. The largest absolute Gasteiger partial charge is 0.491 e. The highest BCUT2D eigenvalue weighted by Gasteiger charge is 2.01. The molecule has 1 heterocycles. The van der Waals surface area contributed by atoms with Crippen molar-refractivity contribution >= 4 is 21.6 Å². The van der Waals surface area contributed by atoms with Gasteiger partial charge in [-0.05, 0) is 36.8 Å². The van der Waals surface area contributed by atoms with E-state index in [0.29, 0.717) is 18.8 Å². The number of nitrogens with two attached hydrogens (primary N) is 1. The van der Waals surface area contributed by atoms with Gasteiger partial charge in [-0.1, -0.05) is 15.9 Å². The van der Waals surface area contributed by atoms with E-state index < -0.39 is 0 Å². The van der Waals surface area contributed by atoms with Gasteiger partial charge in [0.15, 0.2) is 0 Å². The van der Waals surface area contributed by atoms with Gasteiger partial charge in [-0.15, -0.1) is 0 Å². The average molecular weight is 323 g/mol. The van der Waals surface area contributed by atoms with Gasteiger partial charge >= 0.3 is 0 Å². The van der Waals surface area contributed by atoms with E-state index in [0.717, 1.165) is 15.8 Å². The molecule has 0 saturated heterocycles. The normalized spacial score (nSPS) is 10.4. The van der Waals surface area contributed by atoms with Crippen molar-refractivity contribution in [2.45, 2.75) is 13.5 Å². The summed E-state index contributed by atoms with van der Waals surface area (Å²) in [5.74, 6) is 0.820. The van der Waals surface area contributed by atoms with Crippen LogP contribution in [0.1, 0.15) is 5.56 Å². The molecule has 0 radical (unpaired) electrons. The van der Waals surface area contributed by atoms with E-state index in [1.807, 2.05) is 25.1 Å². The fraction of sp³-hybridized carbons (Fsp3) is 0.214. The SMILES string of the molecule is Cc1cc(Br)ccc1OCCn1cc(N)ccc1=O. The summed E-state index contributed by atoms with van der Waals surface area (Å²) in [6.07, 6.45) is 1.63. The summed E-state index contributed by atoms with van der Waals surface area (Å²) in [5.41, 5.74) is 7.19. The van der Waals surface area contributed by atoms with Gasteiger partial charge < -0.3 is 15.0 Å². The molecular weight excluding hydrogens is 308 g/mol. The summed E-state index contributed by atoms with van der Waals surface area (Å²) in [7, 11) is 0. The number of nitrogen functional groups attached to an aromatic ring is 1. The molecule has 1 aromatic heterocycles. The summed E-state index contributed by atoms with van der Waals surface area (Å²) in [4.78, 5) is 11.6. The van der Waals surface area contributed by atoms with Crippen LogP contribution in [0.2, 0.25) is 0 Å². The second-order valence-corrected chi connectivity index (χ2v) is 5.17. The number of nitrogens with zero attached hydrogens (tertiary/aromatic N) is 1. The number of anilines is 1. The quantitative estimate of drug-likeness (QED) is 0.941. The molecule has 4 nitrogen and oxygen atoms in total. The van der Waals surface area contributed by atoms with Crippen LogP contribution in [0, 0.1) is 6.92 Å². The molecule has 0 unspecified atom stereocenters. The average Bonchev–Trinajstić information content (AvgIpc) is 2.36. The second kappa shape index (κ2) is 5.93. The molecule has 2 N–H and O–H groups in total. The maximum atomic E-state index is 11.6. The van der Waals surface area contributed by atoms with Crippen molar-refractivity contribution in [1.29, 1.82) is 0 Å². The van der Waals surface area contributed by atoms with Gasteiger partial charge in [0.25, 0.3) is 5.56 Å². The molecule has 0 bridgehead atoms. The van der Waals surface area contributed by atoms with Crippen LogP contribution >= 0.6 is 15.9 Å². The second-order valence-electron chi connectivity index (χ2n) is 4.25. The molecule has 0 fully saturated rings. The highest BCUT2D eigenvalue weighted by atomic mass is 79.9. The van der Waals surface area contributed by atoms with E-state index in [1.54, 1.807) is 16.8 Å². The molecule has 0 amide bonds. The monoisotopic (exact) mass is 322 g/mol. The van der Waals surface area contributed by atoms with Crippen LogP contribution in [0.4, 0.5) is 5.69 Å². The molecule has 0 aliphatic rings. The first-order valence-corrected chi connectivity index (χ1v) is 6.70. The van der Waals surface area contributed by atoms with Crippen molar-refractivity contribution < 1.29 is 4.74 Å². The number of aromatic nitrogens is 1. The predicted molar refractivity (Wildman–Crippen MR) is 79.5 cm³/mol. The zero-order valence-corrected chi connectivity index (χ0v) is 12.2. The first kappa shape index (κ1) is 13.7. The lowest BCUT2D eigenvalue weighted by molar-refractivity contribution is 0.294. The number of pyridine rings is 1. The van der Waals surface area contributed by atoms with Gasteiger partial charge in [0.2, 0.25) is 0 Å². The van der Waals surface area contributed by atoms with Crippen LogP contribution in [0.25, 0.3) is 0 Å². The summed E-state index contributed by atoms with van der Waals surface area (Å²) in [5, 5.41) is 0. The standard InChI is InChI=1S/C14H15BrN2O2/c1-10-8-11(15)2-4-13(10)19-7-6-17-9-12(16)3-5-14(17)18/h2-5,8-9H,6-7,16H2,1H3. The van der Waals surface area contributed by atoms with Crippen LogP contribution < -0.4 is 16.0 Å². The minimum absolute atomic E-state index is 0.0784. The highest BCUT2D eigenvalue weighted by molar-refractivity contribution is 9.10. The Hall–Kier alpha value is -1.75. The van der Waals surface area contributed by atoms with E-state index in [4.69, 9.17) is 10.5 Å². The topological polar surface area (TPSA) is 57.2 Å². The molecule has 0 aliphatic heterocycles. The molecule has 19 heavy (non-hydrogen) atoms. The Bertz CT molecular complexity index is 638. The Kier molecular flexibility index (Phi) is 4.27. The third-order valence-corrected chi connectivity index (χ3v) is 3.23.